The Hall–Kier alpha value is -1.74. The SMILES string of the molecule is C=CS(=O)(=O)c1nccc(C#N)n1. The van der Waals surface area contributed by atoms with Gasteiger partial charge in [0.05, 0.1) is 0 Å². The van der Waals surface area contributed by atoms with Crippen molar-refractivity contribution in [2.75, 3.05) is 0 Å². The summed E-state index contributed by atoms with van der Waals surface area (Å²) in [6.45, 7) is 3.11. The van der Waals surface area contributed by atoms with Crippen molar-refractivity contribution < 1.29 is 8.42 Å². The fourth-order valence-corrected chi connectivity index (χ4v) is 1.20. The topological polar surface area (TPSA) is 83.7 Å². The summed E-state index contributed by atoms with van der Waals surface area (Å²) in [4.78, 5) is 7.01. The van der Waals surface area contributed by atoms with Gasteiger partial charge in [0, 0.05) is 11.6 Å². The van der Waals surface area contributed by atoms with Crippen molar-refractivity contribution in [3.8, 4) is 6.07 Å². The number of hydrogen-bond acceptors (Lipinski definition) is 5. The molecule has 0 aliphatic heterocycles. The highest BCUT2D eigenvalue weighted by molar-refractivity contribution is 7.94. The van der Waals surface area contributed by atoms with Gasteiger partial charge in [-0.25, -0.2) is 18.4 Å². The van der Waals surface area contributed by atoms with Gasteiger partial charge in [-0.2, -0.15) is 5.26 Å². The van der Waals surface area contributed by atoms with E-state index in [0.717, 1.165) is 5.41 Å². The smallest absolute Gasteiger partial charge is 0.226 e. The number of aromatic nitrogens is 2. The highest BCUT2D eigenvalue weighted by atomic mass is 32.2. The standard InChI is InChI=1S/C7H5N3O2S/c1-2-13(11,12)7-9-4-3-6(5-8)10-7/h2-4H,1H2. The van der Waals surface area contributed by atoms with Crippen LogP contribution in [0.2, 0.25) is 0 Å². The van der Waals surface area contributed by atoms with Crippen LogP contribution in [0.3, 0.4) is 0 Å². The van der Waals surface area contributed by atoms with Crippen LogP contribution < -0.4 is 0 Å². The largest absolute Gasteiger partial charge is 0.252 e. The quantitative estimate of drug-likeness (QED) is 0.632. The van der Waals surface area contributed by atoms with Gasteiger partial charge in [0.2, 0.25) is 9.84 Å². The zero-order chi connectivity index (χ0) is 9.90. The molecule has 6 heteroatoms. The molecule has 13 heavy (non-hydrogen) atoms. The molecule has 66 valence electrons. The van der Waals surface area contributed by atoms with Gasteiger partial charge in [0.25, 0.3) is 5.16 Å². The molecule has 0 spiro atoms. The number of hydrogen-bond donors (Lipinski definition) is 0. The maximum Gasteiger partial charge on any atom is 0.252 e. The van der Waals surface area contributed by atoms with Crippen LogP contribution in [0.15, 0.2) is 29.4 Å². The summed E-state index contributed by atoms with van der Waals surface area (Å²) in [6, 6.07) is 3.04. The first-order chi connectivity index (χ1) is 6.10. The lowest BCUT2D eigenvalue weighted by Gasteiger charge is -1.95. The summed E-state index contributed by atoms with van der Waals surface area (Å²) in [6.07, 6.45) is 1.21. The molecule has 0 saturated carbocycles. The van der Waals surface area contributed by atoms with E-state index in [2.05, 4.69) is 16.5 Å². The second-order valence-corrected chi connectivity index (χ2v) is 3.84. The third-order valence-electron chi connectivity index (χ3n) is 1.22. The normalized spacial score (nSPS) is 10.4. The van der Waals surface area contributed by atoms with Crippen molar-refractivity contribution in [2.24, 2.45) is 0 Å². The van der Waals surface area contributed by atoms with Crippen molar-refractivity contribution in [3.63, 3.8) is 0 Å². The van der Waals surface area contributed by atoms with Crippen LogP contribution in [0.1, 0.15) is 5.69 Å². The van der Waals surface area contributed by atoms with Crippen LogP contribution in [0.5, 0.6) is 0 Å². The van der Waals surface area contributed by atoms with Gasteiger partial charge in [0.15, 0.2) is 0 Å². The maximum absolute atomic E-state index is 11.1. The molecule has 1 heterocycles. The molecule has 0 saturated heterocycles. The van der Waals surface area contributed by atoms with Gasteiger partial charge >= 0.3 is 0 Å². The summed E-state index contributed by atoms with van der Waals surface area (Å²) in [5.74, 6) is 0. The molecule has 1 rings (SSSR count). The van der Waals surface area contributed by atoms with Crippen LogP contribution >= 0.6 is 0 Å². The van der Waals surface area contributed by atoms with E-state index in [1.54, 1.807) is 6.07 Å². The fourth-order valence-electron chi connectivity index (χ4n) is 0.615. The molecule has 0 bridgehead atoms. The molecule has 5 nitrogen and oxygen atoms in total. The fraction of sp³-hybridized carbons (Fsp3) is 0. The van der Waals surface area contributed by atoms with E-state index in [0.29, 0.717) is 0 Å². The molecule has 0 N–H and O–H groups in total. The number of nitriles is 1. The molecule has 0 aromatic carbocycles. The Labute approximate surface area is 75.3 Å². The Morgan fingerprint density at radius 3 is 2.85 bits per heavy atom. The van der Waals surface area contributed by atoms with Crippen molar-refractivity contribution in [1.29, 1.82) is 5.26 Å². The molecule has 0 fully saturated rings. The van der Waals surface area contributed by atoms with E-state index < -0.39 is 15.0 Å². The monoisotopic (exact) mass is 195 g/mol. The first kappa shape index (κ1) is 9.35. The predicted molar refractivity (Wildman–Crippen MR) is 44.1 cm³/mol. The highest BCUT2D eigenvalue weighted by Gasteiger charge is 2.13. The van der Waals surface area contributed by atoms with Gasteiger partial charge in [-0.05, 0) is 6.07 Å². The Kier molecular flexibility index (Phi) is 2.39. The summed E-state index contributed by atoms with van der Waals surface area (Å²) in [7, 11) is -3.64. The Balaban J connectivity index is 3.34. The Bertz CT molecular complexity index is 473. The van der Waals surface area contributed by atoms with E-state index >= 15 is 0 Å². The lowest BCUT2D eigenvalue weighted by atomic mass is 10.5. The van der Waals surface area contributed by atoms with Gasteiger partial charge in [-0.3, -0.25) is 0 Å². The lowest BCUT2D eigenvalue weighted by Crippen LogP contribution is -2.03. The molecule has 0 aliphatic carbocycles. The molecular formula is C7H5N3O2S. The molecule has 1 aromatic heterocycles. The first-order valence-corrected chi connectivity index (χ1v) is 4.75. The molecule has 0 aliphatic rings. The molecule has 0 amide bonds. The van der Waals surface area contributed by atoms with Crippen LogP contribution in [-0.2, 0) is 9.84 Å². The summed E-state index contributed by atoms with van der Waals surface area (Å²) < 4.78 is 22.2. The zero-order valence-corrected chi connectivity index (χ0v) is 7.32. The molecule has 0 unspecified atom stereocenters. The summed E-state index contributed by atoms with van der Waals surface area (Å²) in [5.41, 5.74) is 0.00965. The molecular weight excluding hydrogens is 190 g/mol. The minimum absolute atomic E-state index is 0.00965. The molecule has 1 aromatic rings. The van der Waals surface area contributed by atoms with Crippen molar-refractivity contribution >= 4 is 9.84 Å². The van der Waals surface area contributed by atoms with Gasteiger partial charge in [0.1, 0.15) is 11.8 Å². The first-order valence-electron chi connectivity index (χ1n) is 3.21. The van der Waals surface area contributed by atoms with Crippen LogP contribution in [0, 0.1) is 11.3 Å². The Morgan fingerprint density at radius 2 is 2.31 bits per heavy atom. The minimum atomic E-state index is -3.64. The number of sulfone groups is 1. The average molecular weight is 195 g/mol. The molecule has 0 radical (unpaired) electrons. The Morgan fingerprint density at radius 1 is 1.62 bits per heavy atom. The van der Waals surface area contributed by atoms with Gasteiger partial charge in [-0.1, -0.05) is 6.58 Å². The van der Waals surface area contributed by atoms with E-state index in [-0.39, 0.29) is 5.69 Å². The predicted octanol–water partition coefficient (Wildman–Crippen LogP) is 0.265. The van der Waals surface area contributed by atoms with Crippen LogP contribution in [0.25, 0.3) is 0 Å². The van der Waals surface area contributed by atoms with E-state index in [1.807, 2.05) is 0 Å². The maximum atomic E-state index is 11.1. The lowest BCUT2D eigenvalue weighted by molar-refractivity contribution is 0.595. The second kappa shape index (κ2) is 3.33. The minimum Gasteiger partial charge on any atom is -0.226 e. The highest BCUT2D eigenvalue weighted by Crippen LogP contribution is 2.04. The second-order valence-electron chi connectivity index (χ2n) is 2.05. The average Bonchev–Trinajstić information content (AvgIpc) is 2.18. The van der Waals surface area contributed by atoms with Crippen LogP contribution in [-0.4, -0.2) is 18.4 Å². The van der Waals surface area contributed by atoms with E-state index in [1.165, 1.54) is 12.3 Å². The van der Waals surface area contributed by atoms with E-state index in [9.17, 15) is 8.42 Å². The molecule has 0 atom stereocenters. The number of rotatable bonds is 2. The van der Waals surface area contributed by atoms with Crippen molar-refractivity contribution in [3.05, 3.63) is 29.9 Å². The third-order valence-corrected chi connectivity index (χ3v) is 2.37. The van der Waals surface area contributed by atoms with Crippen molar-refractivity contribution in [2.45, 2.75) is 5.16 Å². The van der Waals surface area contributed by atoms with E-state index in [4.69, 9.17) is 5.26 Å². The zero-order valence-electron chi connectivity index (χ0n) is 6.51. The summed E-state index contributed by atoms with van der Waals surface area (Å²) >= 11 is 0. The van der Waals surface area contributed by atoms with Crippen molar-refractivity contribution in [1.82, 2.24) is 9.97 Å². The van der Waals surface area contributed by atoms with Crippen LogP contribution in [0.4, 0.5) is 0 Å². The third kappa shape index (κ3) is 1.89. The van der Waals surface area contributed by atoms with Gasteiger partial charge in [-0.15, -0.1) is 0 Å². The number of nitrogens with zero attached hydrogens (tertiary/aromatic N) is 3. The summed E-state index contributed by atoms with van der Waals surface area (Å²) in [5, 5.41) is 8.78. The van der Waals surface area contributed by atoms with Gasteiger partial charge < -0.3 is 0 Å².